The third kappa shape index (κ3) is 2.73. The van der Waals surface area contributed by atoms with E-state index in [0.29, 0.717) is 11.5 Å². The monoisotopic (exact) mass is 402 g/mol. The molecule has 0 spiro atoms. The first-order chi connectivity index (χ1) is 13.5. The van der Waals surface area contributed by atoms with Crippen LogP contribution in [0.25, 0.3) is 16.8 Å². The highest BCUT2D eigenvalue weighted by Gasteiger charge is 2.39. The number of nitrogens with zero attached hydrogens (tertiary/aromatic N) is 3. The van der Waals surface area contributed by atoms with Gasteiger partial charge in [0.15, 0.2) is 0 Å². The van der Waals surface area contributed by atoms with Crippen LogP contribution >= 0.6 is 0 Å². The second-order valence-corrected chi connectivity index (χ2v) is 7.33. The number of nitro benzene ring substituents is 1. The largest absolute Gasteiger partial charge is 0.445 e. The summed E-state index contributed by atoms with van der Waals surface area (Å²) >= 11 is 0. The van der Waals surface area contributed by atoms with Crippen LogP contribution < -0.4 is 25.6 Å². The minimum atomic E-state index is -0.962. The lowest BCUT2D eigenvalue weighted by atomic mass is 10.1. The molecule has 3 aromatic rings. The van der Waals surface area contributed by atoms with Crippen molar-refractivity contribution in [3.8, 4) is 17.4 Å². The molecule has 3 heterocycles. The van der Waals surface area contributed by atoms with E-state index in [-0.39, 0.29) is 33.9 Å². The molecule has 2 aromatic heterocycles. The normalized spacial score (nSPS) is 14.4. The molecule has 152 valence electrons. The first kappa shape index (κ1) is 18.6. The molecule has 0 aliphatic carbocycles. The van der Waals surface area contributed by atoms with E-state index in [0.717, 1.165) is 10.6 Å². The van der Waals surface area contributed by atoms with Crippen molar-refractivity contribution in [2.45, 2.75) is 26.6 Å². The van der Waals surface area contributed by atoms with Crippen LogP contribution in [0.15, 0.2) is 26.1 Å². The Hall–Kier alpha value is -3.76. The highest BCUT2D eigenvalue weighted by molar-refractivity contribution is 5.88. The van der Waals surface area contributed by atoms with E-state index in [4.69, 9.17) is 13.9 Å². The lowest BCUT2D eigenvalue weighted by Crippen LogP contribution is -2.32. The number of anilines is 1. The Balaban J connectivity index is 2.12. The smallest absolute Gasteiger partial charge is 0.335 e. The zero-order valence-electron chi connectivity index (χ0n) is 16.4. The van der Waals surface area contributed by atoms with E-state index in [1.54, 1.807) is 34.9 Å². The number of benzene rings is 1. The molecule has 1 aromatic carbocycles. The Morgan fingerprint density at radius 1 is 1.17 bits per heavy atom. The van der Waals surface area contributed by atoms with Crippen LogP contribution in [0.5, 0.6) is 11.5 Å². The summed E-state index contributed by atoms with van der Waals surface area (Å²) < 4.78 is 18.3. The van der Waals surface area contributed by atoms with Gasteiger partial charge >= 0.3 is 5.69 Å². The molecular formula is C18H18N4O7. The van der Waals surface area contributed by atoms with Crippen molar-refractivity contribution in [2.75, 3.05) is 19.0 Å². The van der Waals surface area contributed by atoms with Gasteiger partial charge in [-0.3, -0.25) is 19.9 Å². The molecule has 11 heteroatoms. The first-order valence-corrected chi connectivity index (χ1v) is 8.67. The van der Waals surface area contributed by atoms with Crippen LogP contribution in [0.4, 0.5) is 11.4 Å². The standard InChI is InChI=1S/C18H18N4O7/c1-8-13-14(29-18(2,3)28-13)16(27-8)21-10-7-11(20(4)5)12(22(25)26)6-9(10)15(23)19-17(21)24/h6-7H,1-5H3,(H,19,23,24). The van der Waals surface area contributed by atoms with E-state index in [1.807, 2.05) is 0 Å². The number of aryl methyl sites for hydroxylation is 1. The number of aromatic nitrogens is 2. The summed E-state index contributed by atoms with van der Waals surface area (Å²) in [5, 5.41) is 11.4. The quantitative estimate of drug-likeness (QED) is 0.520. The number of ether oxygens (including phenoxy) is 2. The maximum absolute atomic E-state index is 12.7. The van der Waals surface area contributed by atoms with Gasteiger partial charge in [-0.15, -0.1) is 0 Å². The summed E-state index contributed by atoms with van der Waals surface area (Å²) in [6.45, 7) is 5.07. The van der Waals surface area contributed by atoms with Crippen molar-refractivity contribution in [3.63, 3.8) is 0 Å². The van der Waals surface area contributed by atoms with E-state index in [9.17, 15) is 19.7 Å². The molecule has 1 aliphatic rings. The molecule has 4 rings (SSSR count). The highest BCUT2D eigenvalue weighted by atomic mass is 16.7. The molecular weight excluding hydrogens is 384 g/mol. The van der Waals surface area contributed by atoms with Crippen molar-refractivity contribution in [1.82, 2.24) is 9.55 Å². The average molecular weight is 402 g/mol. The number of aromatic amines is 1. The van der Waals surface area contributed by atoms with Crippen LogP contribution in [0, 0.1) is 17.0 Å². The molecule has 0 fully saturated rings. The van der Waals surface area contributed by atoms with Crippen LogP contribution in [0.1, 0.15) is 19.6 Å². The Kier molecular flexibility index (Phi) is 3.76. The Morgan fingerprint density at radius 2 is 1.83 bits per heavy atom. The molecule has 1 N–H and O–H groups in total. The molecule has 0 atom stereocenters. The summed E-state index contributed by atoms with van der Waals surface area (Å²) in [5.74, 6) is 0.0176. The fourth-order valence-corrected chi connectivity index (χ4v) is 3.33. The Bertz CT molecular complexity index is 1300. The molecule has 0 radical (unpaired) electrons. The number of rotatable bonds is 3. The van der Waals surface area contributed by atoms with Crippen LogP contribution in [-0.4, -0.2) is 34.4 Å². The zero-order valence-corrected chi connectivity index (χ0v) is 16.4. The van der Waals surface area contributed by atoms with Crippen molar-refractivity contribution in [2.24, 2.45) is 0 Å². The molecule has 0 saturated carbocycles. The maximum atomic E-state index is 12.7. The van der Waals surface area contributed by atoms with Gasteiger partial charge < -0.3 is 18.8 Å². The Morgan fingerprint density at radius 3 is 2.45 bits per heavy atom. The number of furan rings is 1. The molecule has 0 amide bonds. The SMILES string of the molecule is Cc1oc(-n2c(=O)[nH]c(=O)c3cc([N+](=O)[O-])c(N(C)C)cc32)c2c1OC(C)(C)O2. The molecule has 0 bridgehead atoms. The van der Waals surface area contributed by atoms with Gasteiger partial charge in [-0.2, -0.15) is 0 Å². The summed E-state index contributed by atoms with van der Waals surface area (Å²) in [7, 11) is 3.25. The second kappa shape index (κ2) is 5.87. The molecule has 0 unspecified atom stereocenters. The van der Waals surface area contributed by atoms with Crippen LogP contribution in [-0.2, 0) is 0 Å². The third-order valence-electron chi connectivity index (χ3n) is 4.55. The van der Waals surface area contributed by atoms with Crippen LogP contribution in [0.2, 0.25) is 0 Å². The van der Waals surface area contributed by atoms with Gasteiger partial charge in [0.05, 0.1) is 15.8 Å². The highest BCUT2D eigenvalue weighted by Crippen LogP contribution is 2.48. The third-order valence-corrected chi connectivity index (χ3v) is 4.55. The lowest BCUT2D eigenvalue weighted by Gasteiger charge is -2.18. The van der Waals surface area contributed by atoms with Gasteiger partial charge in [0.25, 0.3) is 17.1 Å². The predicted molar refractivity (Wildman–Crippen MR) is 103 cm³/mol. The van der Waals surface area contributed by atoms with Crippen LogP contribution in [0.3, 0.4) is 0 Å². The van der Waals surface area contributed by atoms with E-state index in [2.05, 4.69) is 4.98 Å². The minimum Gasteiger partial charge on any atom is -0.445 e. The molecule has 1 aliphatic heterocycles. The van der Waals surface area contributed by atoms with Crippen molar-refractivity contribution in [3.05, 3.63) is 48.8 Å². The topological polar surface area (TPSA) is 133 Å². The first-order valence-electron chi connectivity index (χ1n) is 8.67. The van der Waals surface area contributed by atoms with Crippen molar-refractivity contribution in [1.29, 1.82) is 0 Å². The van der Waals surface area contributed by atoms with Gasteiger partial charge in [-0.1, -0.05) is 0 Å². The fraction of sp³-hybridized carbons (Fsp3) is 0.333. The number of hydrogen-bond donors (Lipinski definition) is 1. The number of nitro groups is 1. The summed E-state index contributed by atoms with van der Waals surface area (Å²) in [5.41, 5.74) is -1.42. The van der Waals surface area contributed by atoms with E-state index >= 15 is 0 Å². The Labute approximate surface area is 163 Å². The van der Waals surface area contributed by atoms with E-state index in [1.165, 1.54) is 11.0 Å². The number of H-pyrrole nitrogens is 1. The summed E-state index contributed by atoms with van der Waals surface area (Å²) in [4.78, 5) is 39.7. The number of fused-ring (bicyclic) bond motifs is 2. The summed E-state index contributed by atoms with van der Waals surface area (Å²) in [6.07, 6.45) is 0. The molecule has 29 heavy (non-hydrogen) atoms. The second-order valence-electron chi connectivity index (χ2n) is 7.33. The minimum absolute atomic E-state index is 0.0212. The van der Waals surface area contributed by atoms with Crippen molar-refractivity contribution < 1.29 is 18.8 Å². The van der Waals surface area contributed by atoms with Gasteiger partial charge in [0, 0.05) is 34.0 Å². The van der Waals surface area contributed by atoms with Gasteiger partial charge in [0.1, 0.15) is 11.4 Å². The zero-order chi connectivity index (χ0) is 21.2. The van der Waals surface area contributed by atoms with Gasteiger partial charge in [0.2, 0.25) is 17.3 Å². The number of hydrogen-bond acceptors (Lipinski definition) is 8. The molecule has 0 saturated heterocycles. The average Bonchev–Trinajstić information content (AvgIpc) is 3.08. The van der Waals surface area contributed by atoms with Gasteiger partial charge in [-0.25, -0.2) is 9.36 Å². The predicted octanol–water partition coefficient (Wildman–Crippen LogP) is 2.06. The number of nitrogens with one attached hydrogen (secondary N) is 1. The fourth-order valence-electron chi connectivity index (χ4n) is 3.33. The van der Waals surface area contributed by atoms with E-state index < -0.39 is 22.0 Å². The lowest BCUT2D eigenvalue weighted by molar-refractivity contribution is -0.384. The maximum Gasteiger partial charge on any atom is 0.335 e. The van der Waals surface area contributed by atoms with Gasteiger partial charge in [-0.05, 0) is 13.0 Å². The summed E-state index contributed by atoms with van der Waals surface area (Å²) in [6, 6.07) is 2.53. The van der Waals surface area contributed by atoms with Crippen molar-refractivity contribution >= 4 is 22.3 Å². The molecule has 11 nitrogen and oxygen atoms in total.